The Kier molecular flexibility index (Phi) is 7.16. The molecule has 2 aliphatic heterocycles. The molecule has 2 aromatic carbocycles. The van der Waals surface area contributed by atoms with Crippen molar-refractivity contribution in [1.29, 1.82) is 5.41 Å². The summed E-state index contributed by atoms with van der Waals surface area (Å²) in [6.07, 6.45) is 4.56. The highest BCUT2D eigenvalue weighted by Gasteiger charge is 2.23. The summed E-state index contributed by atoms with van der Waals surface area (Å²) in [5.74, 6) is -0.275. The molecule has 4 rings (SSSR count). The van der Waals surface area contributed by atoms with Crippen LogP contribution in [-0.4, -0.2) is 32.1 Å². The van der Waals surface area contributed by atoms with Crippen LogP contribution in [0.5, 0.6) is 0 Å². The fourth-order valence-electron chi connectivity index (χ4n) is 3.80. The van der Waals surface area contributed by atoms with E-state index >= 15 is 0 Å². The van der Waals surface area contributed by atoms with Crippen molar-refractivity contribution in [3.63, 3.8) is 0 Å². The van der Waals surface area contributed by atoms with Gasteiger partial charge >= 0.3 is 0 Å². The highest BCUT2D eigenvalue weighted by Crippen LogP contribution is 2.27. The largest absolute Gasteiger partial charge is 0.380 e. The van der Waals surface area contributed by atoms with Gasteiger partial charge in [-0.3, -0.25) is 0 Å². The molecule has 33 heavy (non-hydrogen) atoms. The summed E-state index contributed by atoms with van der Waals surface area (Å²) in [6.45, 7) is 4.17. The molecule has 174 valence electrons. The molecule has 0 atom stereocenters. The molecular weight excluding hydrogens is 461 g/mol. The van der Waals surface area contributed by atoms with Crippen molar-refractivity contribution < 1.29 is 12.8 Å². The van der Waals surface area contributed by atoms with Gasteiger partial charge < -0.3 is 21.4 Å². The van der Waals surface area contributed by atoms with E-state index in [2.05, 4.69) is 26.4 Å². The third-order valence-corrected chi connectivity index (χ3v) is 8.11. The van der Waals surface area contributed by atoms with Crippen LogP contribution in [0.3, 0.4) is 0 Å². The maximum absolute atomic E-state index is 14.9. The first-order valence-corrected chi connectivity index (χ1v) is 13.1. The summed E-state index contributed by atoms with van der Waals surface area (Å²) in [4.78, 5) is -0.548. The van der Waals surface area contributed by atoms with E-state index in [0.717, 1.165) is 55.4 Å². The van der Waals surface area contributed by atoms with Gasteiger partial charge in [-0.05, 0) is 53.8 Å². The van der Waals surface area contributed by atoms with Crippen LogP contribution in [0.1, 0.15) is 35.6 Å². The van der Waals surface area contributed by atoms with Crippen molar-refractivity contribution in [2.45, 2.75) is 37.8 Å². The first kappa shape index (κ1) is 23.5. The number of nitrogens with zero attached hydrogens (tertiary/aromatic N) is 1. The molecule has 0 bridgehead atoms. The normalized spacial score (nSPS) is 17.2. The maximum atomic E-state index is 14.9. The Balaban J connectivity index is 1.57. The van der Waals surface area contributed by atoms with Gasteiger partial charge in [-0.25, -0.2) is 4.39 Å². The summed E-state index contributed by atoms with van der Waals surface area (Å²) < 4.78 is 44.3. The van der Waals surface area contributed by atoms with Crippen LogP contribution in [-0.2, 0) is 29.5 Å². The van der Waals surface area contributed by atoms with Crippen LogP contribution in [0.15, 0.2) is 51.4 Å². The quantitative estimate of drug-likeness (QED) is 0.443. The molecule has 0 saturated carbocycles. The zero-order valence-corrected chi connectivity index (χ0v) is 19.9. The molecule has 2 aromatic rings. The SMILES string of the molecule is CCC1=CNC(=NS(=O)(=O)c2cc(C=N)c(NCc3cccc4c3CNCC4)cc2F)SC1. The first-order valence-electron chi connectivity index (χ1n) is 10.7. The van der Waals surface area contributed by atoms with Gasteiger partial charge in [0, 0.05) is 42.5 Å². The Morgan fingerprint density at radius 2 is 2.18 bits per heavy atom. The lowest BCUT2D eigenvalue weighted by atomic mass is 9.96. The summed E-state index contributed by atoms with van der Waals surface area (Å²) in [5.41, 5.74) is 5.37. The number of nitrogens with one attached hydrogen (secondary N) is 4. The number of halogens is 1. The molecule has 0 unspecified atom stereocenters. The van der Waals surface area contributed by atoms with E-state index in [1.165, 1.54) is 22.9 Å². The molecule has 2 aliphatic rings. The summed E-state index contributed by atoms with van der Waals surface area (Å²) in [5, 5.41) is 17.3. The highest BCUT2D eigenvalue weighted by molar-refractivity contribution is 8.14. The molecule has 0 fully saturated rings. The van der Waals surface area contributed by atoms with Crippen LogP contribution >= 0.6 is 11.8 Å². The molecule has 0 amide bonds. The Hall–Kier alpha value is -2.69. The van der Waals surface area contributed by atoms with Crippen LogP contribution in [0.2, 0.25) is 0 Å². The number of hydrogen-bond acceptors (Lipinski definition) is 6. The molecular formula is C23H26FN5O2S2. The summed E-state index contributed by atoms with van der Waals surface area (Å²) in [7, 11) is -4.28. The number of sulfonamides is 1. The predicted molar refractivity (Wildman–Crippen MR) is 132 cm³/mol. The lowest BCUT2D eigenvalue weighted by molar-refractivity contribution is 0.568. The van der Waals surface area contributed by atoms with Crippen molar-refractivity contribution in [3.05, 3.63) is 70.2 Å². The summed E-state index contributed by atoms with van der Waals surface area (Å²) >= 11 is 1.26. The molecule has 0 aromatic heterocycles. The molecule has 0 saturated heterocycles. The van der Waals surface area contributed by atoms with Crippen LogP contribution < -0.4 is 16.0 Å². The van der Waals surface area contributed by atoms with E-state index < -0.39 is 20.7 Å². The Labute approximate surface area is 197 Å². The van der Waals surface area contributed by atoms with Crippen LogP contribution in [0, 0.1) is 11.2 Å². The van der Waals surface area contributed by atoms with E-state index in [0.29, 0.717) is 18.0 Å². The van der Waals surface area contributed by atoms with E-state index in [-0.39, 0.29) is 10.7 Å². The third-order valence-electron chi connectivity index (χ3n) is 5.70. The van der Waals surface area contributed by atoms with Gasteiger partial charge in [0.05, 0.1) is 0 Å². The zero-order chi connectivity index (χ0) is 23.4. The minimum Gasteiger partial charge on any atom is -0.380 e. The third kappa shape index (κ3) is 5.29. The first-order chi connectivity index (χ1) is 15.9. The van der Waals surface area contributed by atoms with Crippen LogP contribution in [0.25, 0.3) is 0 Å². The molecule has 0 spiro atoms. The van der Waals surface area contributed by atoms with Gasteiger partial charge in [-0.15, -0.1) is 4.40 Å². The van der Waals surface area contributed by atoms with Gasteiger partial charge in [0.25, 0.3) is 10.0 Å². The predicted octanol–water partition coefficient (Wildman–Crippen LogP) is 3.76. The Morgan fingerprint density at radius 1 is 1.33 bits per heavy atom. The van der Waals surface area contributed by atoms with Crippen molar-refractivity contribution in [1.82, 2.24) is 10.6 Å². The van der Waals surface area contributed by atoms with Gasteiger partial charge in [0.2, 0.25) is 0 Å². The minimum absolute atomic E-state index is 0.202. The van der Waals surface area contributed by atoms with E-state index in [4.69, 9.17) is 5.41 Å². The lowest BCUT2D eigenvalue weighted by Gasteiger charge is -2.21. The summed E-state index contributed by atoms with van der Waals surface area (Å²) in [6, 6.07) is 8.41. The number of amidine groups is 1. The van der Waals surface area contributed by atoms with Crippen molar-refractivity contribution >= 4 is 38.9 Å². The van der Waals surface area contributed by atoms with Gasteiger partial charge in [0.1, 0.15) is 10.7 Å². The van der Waals surface area contributed by atoms with Gasteiger partial charge in [-0.2, -0.15) is 8.42 Å². The number of rotatable bonds is 7. The highest BCUT2D eigenvalue weighted by atomic mass is 32.2. The second-order valence-electron chi connectivity index (χ2n) is 7.81. The number of hydrogen-bond donors (Lipinski definition) is 4. The lowest BCUT2D eigenvalue weighted by Crippen LogP contribution is -2.25. The topological polar surface area (TPSA) is 106 Å². The number of thioether (sulfide) groups is 1. The van der Waals surface area contributed by atoms with Crippen LogP contribution in [0.4, 0.5) is 10.1 Å². The molecule has 4 N–H and O–H groups in total. The molecule has 2 heterocycles. The average molecular weight is 488 g/mol. The second-order valence-corrected chi connectivity index (χ2v) is 10.3. The van der Waals surface area contributed by atoms with Crippen molar-refractivity contribution in [3.8, 4) is 0 Å². The fraction of sp³-hybridized carbons (Fsp3) is 0.304. The molecule has 0 aliphatic carbocycles. The van der Waals surface area contributed by atoms with Crippen molar-refractivity contribution in [2.75, 3.05) is 17.6 Å². The zero-order valence-electron chi connectivity index (χ0n) is 18.2. The second kappa shape index (κ2) is 10.1. The smallest absolute Gasteiger partial charge is 0.287 e. The Bertz CT molecular complexity index is 1240. The minimum atomic E-state index is -4.28. The van der Waals surface area contributed by atoms with E-state index in [1.807, 2.05) is 19.1 Å². The monoisotopic (exact) mass is 487 g/mol. The van der Waals surface area contributed by atoms with Gasteiger partial charge in [0.15, 0.2) is 5.17 Å². The Morgan fingerprint density at radius 3 is 2.91 bits per heavy atom. The number of fused-ring (bicyclic) bond motifs is 1. The van der Waals surface area contributed by atoms with Crippen molar-refractivity contribution in [2.24, 2.45) is 4.40 Å². The standard InChI is InChI=1S/C23H26FN5O2S2/c1-2-15-11-28-23(32-14-15)29-33(30,31)22-8-18(10-25)21(9-20(22)24)27-12-17-5-3-4-16-6-7-26-13-19(16)17/h3-5,8-11,25-27H,2,6-7,12-14H2,1H3,(H,28,29). The van der Waals surface area contributed by atoms with E-state index in [1.54, 1.807) is 6.20 Å². The maximum Gasteiger partial charge on any atom is 0.287 e. The van der Waals surface area contributed by atoms with E-state index in [9.17, 15) is 12.8 Å². The molecule has 0 radical (unpaired) electrons. The van der Waals surface area contributed by atoms with Gasteiger partial charge in [-0.1, -0.05) is 36.9 Å². The molecule has 10 heteroatoms. The number of anilines is 1. The number of benzene rings is 2. The fourth-order valence-corrected chi connectivity index (χ4v) is 6.01. The average Bonchev–Trinajstić information content (AvgIpc) is 2.82. The molecule has 7 nitrogen and oxygen atoms in total.